The van der Waals surface area contributed by atoms with E-state index in [1.807, 2.05) is 13.8 Å². The Hall–Kier alpha value is -0.120. The van der Waals surface area contributed by atoms with Crippen molar-refractivity contribution in [3.05, 3.63) is 0 Å². The molecule has 2 N–H and O–H groups in total. The van der Waals surface area contributed by atoms with Crippen molar-refractivity contribution >= 4 is 0 Å². The summed E-state index contributed by atoms with van der Waals surface area (Å²) in [5, 5.41) is 0. The van der Waals surface area contributed by atoms with Crippen molar-refractivity contribution in [3.8, 4) is 0 Å². The van der Waals surface area contributed by atoms with Crippen LogP contribution in [0.2, 0.25) is 0 Å². The molecule has 1 fully saturated rings. The van der Waals surface area contributed by atoms with Gasteiger partial charge in [0.15, 0.2) is 0 Å². The second-order valence-corrected chi connectivity index (χ2v) is 5.24. The minimum Gasteiger partial charge on any atom is -0.328 e. The molecule has 0 aliphatic carbocycles. The van der Waals surface area contributed by atoms with E-state index in [9.17, 15) is 0 Å². The van der Waals surface area contributed by atoms with Gasteiger partial charge in [0.25, 0.3) is 0 Å². The molecule has 0 spiro atoms. The number of rotatable bonds is 2. The van der Waals surface area contributed by atoms with Crippen LogP contribution < -0.4 is 5.73 Å². The van der Waals surface area contributed by atoms with Gasteiger partial charge in [0.1, 0.15) is 0 Å². The molecule has 0 aromatic carbocycles. The topological polar surface area (TPSA) is 32.5 Å². The Balaban J connectivity index is 0. The molecule has 1 aliphatic rings. The van der Waals surface area contributed by atoms with Gasteiger partial charge in [-0.3, -0.25) is 4.90 Å². The lowest BCUT2D eigenvalue weighted by Crippen LogP contribution is -2.34. The van der Waals surface area contributed by atoms with E-state index in [2.05, 4.69) is 37.7 Å². The van der Waals surface area contributed by atoms with Crippen LogP contribution in [-0.4, -0.2) is 55.1 Å². The van der Waals surface area contributed by atoms with Crippen molar-refractivity contribution < 1.29 is 1.43 Å². The Bertz CT molecular complexity index is 144. The number of likely N-dealkylation sites (N-methyl/N-ethyl adjacent to an activating group) is 1. The van der Waals surface area contributed by atoms with Crippen LogP contribution in [0.3, 0.4) is 0 Å². The molecule has 15 heavy (non-hydrogen) atoms. The molecule has 1 aliphatic heterocycles. The maximum absolute atomic E-state index is 5.11. The summed E-state index contributed by atoms with van der Waals surface area (Å²) in [7, 11) is 4.35. The summed E-state index contributed by atoms with van der Waals surface area (Å²) in [5.41, 5.74) is 5.11. The summed E-state index contributed by atoms with van der Waals surface area (Å²) in [6.07, 6.45) is 1.34. The zero-order chi connectivity index (χ0) is 12.0. The summed E-state index contributed by atoms with van der Waals surface area (Å²) >= 11 is 0. The zero-order valence-electron chi connectivity index (χ0n) is 11.3. The van der Waals surface area contributed by atoms with E-state index in [-0.39, 0.29) is 1.43 Å². The van der Waals surface area contributed by atoms with Crippen LogP contribution in [0.5, 0.6) is 0 Å². The van der Waals surface area contributed by atoms with Gasteiger partial charge in [-0.25, -0.2) is 0 Å². The smallest absolute Gasteiger partial charge is 0.0229 e. The summed E-state index contributed by atoms with van der Waals surface area (Å²) in [5.74, 6) is 0. The summed E-state index contributed by atoms with van der Waals surface area (Å²) in [4.78, 5) is 4.88. The molecule has 0 aromatic heterocycles. The highest BCUT2D eigenvalue weighted by Crippen LogP contribution is 2.15. The molecular weight excluding hydrogens is 186 g/mol. The zero-order valence-corrected chi connectivity index (χ0v) is 11.3. The third-order valence-electron chi connectivity index (χ3n) is 2.66. The summed E-state index contributed by atoms with van der Waals surface area (Å²) in [6.45, 7) is 11.0. The maximum atomic E-state index is 5.11. The van der Waals surface area contributed by atoms with Crippen LogP contribution in [0.4, 0.5) is 0 Å². The molecule has 0 aromatic rings. The lowest BCUT2D eigenvalue weighted by Gasteiger charge is -2.22. The highest BCUT2D eigenvalue weighted by molar-refractivity contribution is 4.82. The van der Waals surface area contributed by atoms with Gasteiger partial charge in [0.2, 0.25) is 0 Å². The van der Waals surface area contributed by atoms with Gasteiger partial charge >= 0.3 is 0 Å². The van der Waals surface area contributed by atoms with Crippen LogP contribution in [0.15, 0.2) is 0 Å². The monoisotopic (exact) mass is 217 g/mol. The predicted octanol–water partition coefficient (Wildman–Crippen LogP) is 1.63. The van der Waals surface area contributed by atoms with Gasteiger partial charge in [-0.2, -0.15) is 0 Å². The predicted molar refractivity (Wildman–Crippen MR) is 70.2 cm³/mol. The van der Waals surface area contributed by atoms with Crippen molar-refractivity contribution in [3.63, 3.8) is 0 Å². The SMILES string of the molecule is CC(C)N.CC(C)N1CC[C@@H](N(C)C)C1.[HH]. The first-order valence-electron chi connectivity index (χ1n) is 6.00. The van der Waals surface area contributed by atoms with Crippen molar-refractivity contribution in [2.75, 3.05) is 27.2 Å². The molecule has 0 unspecified atom stereocenters. The highest BCUT2D eigenvalue weighted by atomic mass is 15.2. The normalized spacial score (nSPS) is 22.4. The fourth-order valence-electron chi connectivity index (χ4n) is 1.66. The minimum absolute atomic E-state index is 0. The lowest BCUT2D eigenvalue weighted by atomic mass is 10.2. The molecule has 0 saturated carbocycles. The summed E-state index contributed by atoms with van der Waals surface area (Å²) < 4.78 is 0. The average Bonchev–Trinajstić information content (AvgIpc) is 2.49. The second kappa shape index (κ2) is 7.20. The van der Waals surface area contributed by atoms with E-state index < -0.39 is 0 Å². The number of nitrogens with two attached hydrogens (primary N) is 1. The molecule has 1 heterocycles. The first-order chi connectivity index (χ1) is 6.84. The van der Waals surface area contributed by atoms with Gasteiger partial charge in [0, 0.05) is 26.6 Å². The Morgan fingerprint density at radius 1 is 1.27 bits per heavy atom. The molecular formula is C12H31N3. The molecule has 0 bridgehead atoms. The van der Waals surface area contributed by atoms with Crippen molar-refractivity contribution in [1.29, 1.82) is 0 Å². The number of likely N-dealkylation sites (tertiary alicyclic amines) is 1. The van der Waals surface area contributed by atoms with Crippen LogP contribution >= 0.6 is 0 Å². The van der Waals surface area contributed by atoms with Gasteiger partial charge in [-0.05, 0) is 40.4 Å². The third-order valence-corrected chi connectivity index (χ3v) is 2.66. The Morgan fingerprint density at radius 3 is 1.93 bits per heavy atom. The molecule has 3 nitrogen and oxygen atoms in total. The van der Waals surface area contributed by atoms with E-state index in [0.29, 0.717) is 6.04 Å². The number of nitrogens with zero attached hydrogens (tertiary/aromatic N) is 2. The number of hydrogen-bond acceptors (Lipinski definition) is 3. The first-order valence-corrected chi connectivity index (χ1v) is 6.00. The second-order valence-electron chi connectivity index (χ2n) is 5.24. The fourth-order valence-corrected chi connectivity index (χ4v) is 1.66. The molecule has 3 heteroatoms. The van der Waals surface area contributed by atoms with Gasteiger partial charge < -0.3 is 10.6 Å². The third kappa shape index (κ3) is 6.88. The van der Waals surface area contributed by atoms with Crippen LogP contribution in [0.1, 0.15) is 35.5 Å². The Kier molecular flexibility index (Phi) is 7.14. The molecule has 1 atom stereocenters. The van der Waals surface area contributed by atoms with Crippen LogP contribution in [0.25, 0.3) is 0 Å². The van der Waals surface area contributed by atoms with Crippen LogP contribution in [-0.2, 0) is 0 Å². The van der Waals surface area contributed by atoms with Gasteiger partial charge in [-0.1, -0.05) is 13.8 Å². The molecule has 94 valence electrons. The quantitative estimate of drug-likeness (QED) is 0.763. The maximum Gasteiger partial charge on any atom is 0.0229 e. The molecule has 1 rings (SSSR count). The van der Waals surface area contributed by atoms with Crippen LogP contribution in [0, 0.1) is 0 Å². The molecule has 0 radical (unpaired) electrons. The van der Waals surface area contributed by atoms with E-state index in [1.54, 1.807) is 0 Å². The van der Waals surface area contributed by atoms with Crippen molar-refractivity contribution in [1.82, 2.24) is 9.80 Å². The standard InChI is InChI=1S/C9H20N2.C3H9N.H2/c1-8(2)11-6-5-9(7-11)10(3)4;1-3(2)4;/h8-9H,5-7H2,1-4H3;3H,4H2,1-2H3;1H/t9-;;/m1../s1. The number of hydrogen-bond donors (Lipinski definition) is 1. The van der Waals surface area contributed by atoms with E-state index in [4.69, 9.17) is 5.73 Å². The largest absolute Gasteiger partial charge is 0.328 e. The fraction of sp³-hybridized carbons (Fsp3) is 1.00. The van der Waals surface area contributed by atoms with Crippen molar-refractivity contribution in [2.45, 2.75) is 52.2 Å². The average molecular weight is 217 g/mol. The lowest BCUT2D eigenvalue weighted by molar-refractivity contribution is 0.237. The van der Waals surface area contributed by atoms with Gasteiger partial charge in [0.05, 0.1) is 0 Å². The van der Waals surface area contributed by atoms with Crippen molar-refractivity contribution in [2.24, 2.45) is 5.73 Å². The van der Waals surface area contributed by atoms with E-state index in [1.165, 1.54) is 19.5 Å². The van der Waals surface area contributed by atoms with E-state index >= 15 is 0 Å². The Morgan fingerprint density at radius 2 is 1.73 bits per heavy atom. The Labute approximate surface area is 97.1 Å². The van der Waals surface area contributed by atoms with Gasteiger partial charge in [-0.15, -0.1) is 0 Å². The summed E-state index contributed by atoms with van der Waals surface area (Å²) in [6, 6.07) is 1.84. The highest BCUT2D eigenvalue weighted by Gasteiger charge is 2.24. The minimum atomic E-state index is 0. The molecule has 1 saturated heterocycles. The van der Waals surface area contributed by atoms with E-state index in [0.717, 1.165) is 12.1 Å². The molecule has 0 amide bonds. The first kappa shape index (κ1) is 14.9.